The Morgan fingerprint density at radius 2 is 1.92 bits per heavy atom. The summed E-state index contributed by atoms with van der Waals surface area (Å²) in [5, 5.41) is 9.99. The minimum absolute atomic E-state index is 0.0706. The third kappa shape index (κ3) is 3.70. The summed E-state index contributed by atoms with van der Waals surface area (Å²) in [5.74, 6) is -1.28. The second-order valence-electron chi connectivity index (χ2n) is 6.06. The van der Waals surface area contributed by atoms with E-state index in [0.29, 0.717) is 26.9 Å². The Kier molecular flexibility index (Phi) is 5.51. The molecule has 5 nitrogen and oxygen atoms in total. The van der Waals surface area contributed by atoms with Gasteiger partial charge in [0.05, 0.1) is 0 Å². The third-order valence-electron chi connectivity index (χ3n) is 4.35. The van der Waals surface area contributed by atoms with Gasteiger partial charge in [-0.25, -0.2) is 0 Å². The van der Waals surface area contributed by atoms with Gasteiger partial charge in [-0.05, 0) is 30.7 Å². The molecule has 0 bridgehead atoms. The SMILES string of the molecule is CN1C(=O)C(CCC(=O)O)OC(c2ccccc2Cl)c2cc(Cl)ccc21. The Balaban J connectivity index is 2.11. The number of halogens is 2. The van der Waals surface area contributed by atoms with Crippen LogP contribution in [0.4, 0.5) is 5.69 Å². The molecule has 0 fully saturated rings. The zero-order valence-corrected chi connectivity index (χ0v) is 15.5. The summed E-state index contributed by atoms with van der Waals surface area (Å²) < 4.78 is 6.10. The van der Waals surface area contributed by atoms with Crippen LogP contribution in [-0.2, 0) is 14.3 Å². The van der Waals surface area contributed by atoms with Gasteiger partial charge in [0, 0.05) is 40.3 Å². The summed E-state index contributed by atoms with van der Waals surface area (Å²) in [7, 11) is 1.64. The van der Waals surface area contributed by atoms with Crippen LogP contribution in [0.2, 0.25) is 10.0 Å². The van der Waals surface area contributed by atoms with Crippen molar-refractivity contribution in [1.29, 1.82) is 0 Å². The number of fused-ring (bicyclic) bond motifs is 1. The molecule has 2 atom stereocenters. The van der Waals surface area contributed by atoms with Gasteiger partial charge in [-0.3, -0.25) is 9.59 Å². The maximum atomic E-state index is 12.8. The molecule has 7 heteroatoms. The van der Waals surface area contributed by atoms with Gasteiger partial charge in [-0.1, -0.05) is 41.4 Å². The lowest BCUT2D eigenvalue weighted by Crippen LogP contribution is -2.37. The Morgan fingerprint density at radius 1 is 1.19 bits per heavy atom. The number of anilines is 1. The molecule has 2 aromatic rings. The van der Waals surface area contributed by atoms with E-state index in [-0.39, 0.29) is 18.7 Å². The molecule has 0 spiro atoms. The molecular weight excluding hydrogens is 377 g/mol. The average molecular weight is 394 g/mol. The minimum Gasteiger partial charge on any atom is -0.481 e. The maximum absolute atomic E-state index is 12.8. The van der Waals surface area contributed by atoms with Gasteiger partial charge in [-0.15, -0.1) is 0 Å². The van der Waals surface area contributed by atoms with Crippen molar-refractivity contribution >= 4 is 40.8 Å². The first-order valence-corrected chi connectivity index (χ1v) is 8.82. The first kappa shape index (κ1) is 18.7. The number of nitrogens with zero attached hydrogens (tertiary/aromatic N) is 1. The van der Waals surface area contributed by atoms with Crippen LogP contribution in [0.1, 0.15) is 30.1 Å². The second-order valence-corrected chi connectivity index (χ2v) is 6.90. The highest BCUT2D eigenvalue weighted by Crippen LogP contribution is 2.41. The second kappa shape index (κ2) is 7.66. The number of carbonyl (C=O) groups excluding carboxylic acids is 1. The number of carboxylic acids is 1. The number of hydrogen-bond acceptors (Lipinski definition) is 3. The summed E-state index contributed by atoms with van der Waals surface area (Å²) in [6.07, 6.45) is -1.63. The van der Waals surface area contributed by atoms with E-state index < -0.39 is 18.2 Å². The van der Waals surface area contributed by atoms with E-state index in [1.165, 1.54) is 4.90 Å². The smallest absolute Gasteiger partial charge is 0.303 e. The monoisotopic (exact) mass is 393 g/mol. The summed E-state index contributed by atoms with van der Waals surface area (Å²) >= 11 is 12.5. The van der Waals surface area contributed by atoms with Crippen LogP contribution in [-0.4, -0.2) is 30.1 Å². The molecular formula is C19H17Cl2NO4. The molecule has 0 radical (unpaired) electrons. The number of amides is 1. The number of rotatable bonds is 4. The first-order valence-electron chi connectivity index (χ1n) is 8.07. The lowest BCUT2D eigenvalue weighted by molar-refractivity contribution is -0.139. The highest BCUT2D eigenvalue weighted by Gasteiger charge is 2.35. The number of benzene rings is 2. The Labute approximate surface area is 161 Å². The molecule has 1 N–H and O–H groups in total. The molecule has 0 saturated carbocycles. The average Bonchev–Trinajstić information content (AvgIpc) is 2.70. The Bertz CT molecular complexity index is 855. The van der Waals surface area contributed by atoms with E-state index >= 15 is 0 Å². The fraction of sp³-hybridized carbons (Fsp3) is 0.263. The zero-order valence-electron chi connectivity index (χ0n) is 14.0. The van der Waals surface area contributed by atoms with Crippen molar-refractivity contribution in [2.24, 2.45) is 0 Å². The van der Waals surface area contributed by atoms with Gasteiger partial charge in [0.1, 0.15) is 12.2 Å². The standard InChI is InChI=1S/C19H17Cl2NO4/c1-22-15-7-6-11(20)10-13(15)18(12-4-2-3-5-14(12)21)26-16(19(22)25)8-9-17(23)24/h2-7,10,16,18H,8-9H2,1H3,(H,23,24). The predicted octanol–water partition coefficient (Wildman–Crippen LogP) is 4.31. The Hall–Kier alpha value is -2.08. The van der Waals surface area contributed by atoms with Gasteiger partial charge >= 0.3 is 5.97 Å². The largest absolute Gasteiger partial charge is 0.481 e. The molecule has 3 rings (SSSR count). The van der Waals surface area contributed by atoms with Crippen molar-refractivity contribution in [3.63, 3.8) is 0 Å². The van der Waals surface area contributed by atoms with Crippen LogP contribution in [0, 0.1) is 0 Å². The highest BCUT2D eigenvalue weighted by molar-refractivity contribution is 6.31. The minimum atomic E-state index is -0.983. The molecule has 136 valence electrons. The predicted molar refractivity (Wildman–Crippen MR) is 99.9 cm³/mol. The van der Waals surface area contributed by atoms with Crippen molar-refractivity contribution < 1.29 is 19.4 Å². The number of carbonyl (C=O) groups is 2. The van der Waals surface area contributed by atoms with E-state index in [0.717, 1.165) is 0 Å². The molecule has 26 heavy (non-hydrogen) atoms. The van der Waals surface area contributed by atoms with Crippen LogP contribution in [0.25, 0.3) is 0 Å². The van der Waals surface area contributed by atoms with Crippen LogP contribution in [0.3, 0.4) is 0 Å². The molecule has 0 aliphatic carbocycles. The molecule has 1 amide bonds. The van der Waals surface area contributed by atoms with Crippen molar-refractivity contribution in [2.75, 3.05) is 11.9 Å². The fourth-order valence-corrected chi connectivity index (χ4v) is 3.46. The van der Waals surface area contributed by atoms with Gasteiger partial charge in [0.15, 0.2) is 0 Å². The summed E-state index contributed by atoms with van der Waals surface area (Å²) in [5.41, 5.74) is 2.06. The van der Waals surface area contributed by atoms with Crippen LogP contribution in [0.5, 0.6) is 0 Å². The maximum Gasteiger partial charge on any atom is 0.303 e. The number of aliphatic carboxylic acids is 1. The molecule has 1 aliphatic heterocycles. The first-order chi connectivity index (χ1) is 12.4. The number of carboxylic acid groups (broad SMARTS) is 1. The summed E-state index contributed by atoms with van der Waals surface area (Å²) in [6.45, 7) is 0. The lowest BCUT2D eigenvalue weighted by atomic mass is 9.99. The topological polar surface area (TPSA) is 66.8 Å². The normalized spacial score (nSPS) is 19.8. The van der Waals surface area contributed by atoms with Gasteiger partial charge in [-0.2, -0.15) is 0 Å². The van der Waals surface area contributed by atoms with Gasteiger partial charge in [0.25, 0.3) is 5.91 Å². The number of likely N-dealkylation sites (N-methyl/N-ethyl adjacent to an activating group) is 1. The molecule has 2 unspecified atom stereocenters. The van der Waals surface area contributed by atoms with Crippen LogP contribution in [0.15, 0.2) is 42.5 Å². The highest BCUT2D eigenvalue weighted by atomic mass is 35.5. The van der Waals surface area contributed by atoms with E-state index in [1.807, 2.05) is 12.1 Å². The van der Waals surface area contributed by atoms with Crippen molar-refractivity contribution in [3.8, 4) is 0 Å². The van der Waals surface area contributed by atoms with Crippen molar-refractivity contribution in [2.45, 2.75) is 25.0 Å². The summed E-state index contributed by atoms with van der Waals surface area (Å²) in [6, 6.07) is 12.4. The van der Waals surface area contributed by atoms with E-state index in [2.05, 4.69) is 0 Å². The van der Waals surface area contributed by atoms with Crippen molar-refractivity contribution in [3.05, 3.63) is 63.6 Å². The van der Waals surface area contributed by atoms with Gasteiger partial charge < -0.3 is 14.7 Å². The van der Waals surface area contributed by atoms with E-state index in [4.69, 9.17) is 33.0 Å². The molecule has 1 aliphatic rings. The number of ether oxygens (including phenoxy) is 1. The number of hydrogen-bond donors (Lipinski definition) is 1. The summed E-state index contributed by atoms with van der Waals surface area (Å²) in [4.78, 5) is 25.3. The van der Waals surface area contributed by atoms with Crippen LogP contribution < -0.4 is 4.90 Å². The van der Waals surface area contributed by atoms with Crippen LogP contribution >= 0.6 is 23.2 Å². The van der Waals surface area contributed by atoms with Crippen molar-refractivity contribution in [1.82, 2.24) is 0 Å². The van der Waals surface area contributed by atoms with E-state index in [1.54, 1.807) is 37.4 Å². The quantitative estimate of drug-likeness (QED) is 0.839. The fourth-order valence-electron chi connectivity index (χ4n) is 3.05. The zero-order chi connectivity index (χ0) is 18.8. The van der Waals surface area contributed by atoms with Gasteiger partial charge in [0.2, 0.25) is 0 Å². The lowest BCUT2D eigenvalue weighted by Gasteiger charge is -2.22. The molecule has 1 heterocycles. The Morgan fingerprint density at radius 3 is 2.62 bits per heavy atom. The molecule has 0 saturated heterocycles. The molecule has 0 aromatic heterocycles. The van der Waals surface area contributed by atoms with E-state index in [9.17, 15) is 9.59 Å². The molecule has 2 aromatic carbocycles. The third-order valence-corrected chi connectivity index (χ3v) is 4.93.